The molecule has 0 unspecified atom stereocenters. The van der Waals surface area contributed by atoms with Crippen LogP contribution in [0, 0.1) is 5.92 Å². The van der Waals surface area contributed by atoms with Gasteiger partial charge in [-0.05, 0) is 37.0 Å². The summed E-state index contributed by atoms with van der Waals surface area (Å²) in [5, 5.41) is 0.682. The second-order valence-electron chi connectivity index (χ2n) is 6.27. The largest absolute Gasteiger partial charge is 0.342 e. The van der Waals surface area contributed by atoms with Gasteiger partial charge in [-0.15, -0.1) is 0 Å². The molecule has 23 heavy (non-hydrogen) atoms. The number of hydrogen-bond acceptors (Lipinski definition) is 2. The van der Waals surface area contributed by atoms with Gasteiger partial charge < -0.3 is 9.47 Å². The Morgan fingerprint density at radius 1 is 1.48 bits per heavy atom. The van der Waals surface area contributed by atoms with E-state index in [0.29, 0.717) is 17.0 Å². The number of alkyl halides is 2. The van der Waals surface area contributed by atoms with Crippen LogP contribution in [-0.2, 0) is 11.3 Å². The number of fused-ring (bicyclic) bond motifs is 1. The number of rotatable bonds is 4. The normalized spacial score (nSPS) is 18.8. The molecule has 3 rings (SSSR count). The first-order valence-corrected chi connectivity index (χ1v) is 8.06. The van der Waals surface area contributed by atoms with Gasteiger partial charge in [0.05, 0.1) is 5.69 Å². The van der Waals surface area contributed by atoms with E-state index in [1.54, 1.807) is 18.3 Å². The van der Waals surface area contributed by atoms with Crippen molar-refractivity contribution in [3.05, 3.63) is 30.1 Å². The van der Waals surface area contributed by atoms with Crippen molar-refractivity contribution < 1.29 is 13.6 Å². The van der Waals surface area contributed by atoms with Crippen molar-refractivity contribution in [2.24, 2.45) is 5.92 Å². The minimum absolute atomic E-state index is 0.0366. The molecular formula is C17H21F2N3O. The summed E-state index contributed by atoms with van der Waals surface area (Å²) < 4.78 is 28.0. The van der Waals surface area contributed by atoms with Crippen LogP contribution in [0.5, 0.6) is 0 Å². The molecule has 2 aromatic rings. The maximum Gasteiger partial charge on any atom is 0.278 e. The molecular weight excluding hydrogens is 300 g/mol. The predicted molar refractivity (Wildman–Crippen MR) is 84.3 cm³/mol. The van der Waals surface area contributed by atoms with Crippen LogP contribution < -0.4 is 0 Å². The van der Waals surface area contributed by atoms with Gasteiger partial charge in [0.25, 0.3) is 6.43 Å². The number of pyridine rings is 1. The number of piperidine rings is 1. The molecule has 0 radical (unpaired) electrons. The maximum absolute atomic E-state index is 13.3. The SMILES string of the molecule is C[C@H]1CCCN(C(=O)CCn2c(C(F)F)cc3cccnc32)C1. The van der Waals surface area contributed by atoms with Gasteiger partial charge in [0.1, 0.15) is 5.65 Å². The van der Waals surface area contributed by atoms with E-state index in [-0.39, 0.29) is 24.6 Å². The zero-order valence-corrected chi connectivity index (χ0v) is 13.2. The van der Waals surface area contributed by atoms with E-state index in [2.05, 4.69) is 11.9 Å². The number of aryl methyl sites for hydroxylation is 1. The van der Waals surface area contributed by atoms with E-state index in [1.807, 2.05) is 4.90 Å². The first-order chi connectivity index (χ1) is 11.1. The Hall–Kier alpha value is -1.98. The van der Waals surface area contributed by atoms with Crippen molar-refractivity contribution in [2.75, 3.05) is 13.1 Å². The van der Waals surface area contributed by atoms with Crippen LogP contribution in [0.2, 0.25) is 0 Å². The average Bonchev–Trinajstić information content (AvgIpc) is 2.91. The lowest BCUT2D eigenvalue weighted by molar-refractivity contribution is -0.133. The molecule has 4 nitrogen and oxygen atoms in total. The van der Waals surface area contributed by atoms with Crippen LogP contribution in [-0.4, -0.2) is 33.4 Å². The topological polar surface area (TPSA) is 38.1 Å². The van der Waals surface area contributed by atoms with E-state index in [0.717, 1.165) is 25.9 Å². The van der Waals surface area contributed by atoms with Crippen molar-refractivity contribution in [3.8, 4) is 0 Å². The van der Waals surface area contributed by atoms with Gasteiger partial charge in [0.15, 0.2) is 0 Å². The van der Waals surface area contributed by atoms with Crippen LogP contribution >= 0.6 is 0 Å². The second-order valence-corrected chi connectivity index (χ2v) is 6.27. The molecule has 1 fully saturated rings. The molecule has 1 amide bonds. The van der Waals surface area contributed by atoms with Crippen LogP contribution in [0.4, 0.5) is 8.78 Å². The Morgan fingerprint density at radius 3 is 3.04 bits per heavy atom. The fraction of sp³-hybridized carbons (Fsp3) is 0.529. The number of carbonyl (C=O) groups excluding carboxylic acids is 1. The molecule has 0 bridgehead atoms. The standard InChI is InChI=1S/C17H21F2N3O/c1-12-4-3-8-21(11-12)15(23)6-9-22-14(16(18)19)10-13-5-2-7-20-17(13)22/h2,5,7,10,12,16H,3-4,6,8-9,11H2,1H3/t12-/m0/s1. The van der Waals surface area contributed by atoms with E-state index < -0.39 is 6.43 Å². The number of carbonyl (C=O) groups is 1. The Balaban J connectivity index is 1.76. The zero-order chi connectivity index (χ0) is 16.4. The van der Waals surface area contributed by atoms with Gasteiger partial charge in [-0.3, -0.25) is 4.79 Å². The third-order valence-corrected chi connectivity index (χ3v) is 4.47. The van der Waals surface area contributed by atoms with E-state index >= 15 is 0 Å². The lowest BCUT2D eigenvalue weighted by Gasteiger charge is -2.31. The number of nitrogens with zero attached hydrogens (tertiary/aromatic N) is 3. The molecule has 0 aromatic carbocycles. The summed E-state index contributed by atoms with van der Waals surface area (Å²) in [6.07, 6.45) is 1.40. The molecule has 1 atom stereocenters. The molecule has 1 saturated heterocycles. The minimum atomic E-state index is -2.57. The number of halogens is 2. The quantitative estimate of drug-likeness (QED) is 0.862. The van der Waals surface area contributed by atoms with Crippen molar-refractivity contribution in [2.45, 2.75) is 39.2 Å². The lowest BCUT2D eigenvalue weighted by atomic mass is 10.00. The minimum Gasteiger partial charge on any atom is -0.342 e. The molecule has 0 saturated carbocycles. The number of aromatic nitrogens is 2. The fourth-order valence-corrected chi connectivity index (χ4v) is 3.30. The fourth-order valence-electron chi connectivity index (χ4n) is 3.30. The van der Waals surface area contributed by atoms with Crippen LogP contribution in [0.25, 0.3) is 11.0 Å². The number of hydrogen-bond donors (Lipinski definition) is 0. The summed E-state index contributed by atoms with van der Waals surface area (Å²) in [6.45, 7) is 3.92. The first-order valence-electron chi connectivity index (χ1n) is 8.06. The molecule has 6 heteroatoms. The van der Waals surface area contributed by atoms with E-state index in [4.69, 9.17) is 0 Å². The smallest absolute Gasteiger partial charge is 0.278 e. The number of likely N-dealkylation sites (tertiary alicyclic amines) is 1. The van der Waals surface area contributed by atoms with Crippen molar-refractivity contribution >= 4 is 16.9 Å². The summed E-state index contributed by atoms with van der Waals surface area (Å²) in [6, 6.07) is 4.95. The summed E-state index contributed by atoms with van der Waals surface area (Å²) in [5.41, 5.74) is 0.445. The lowest BCUT2D eigenvalue weighted by Crippen LogP contribution is -2.39. The third kappa shape index (κ3) is 3.35. The maximum atomic E-state index is 13.3. The van der Waals surface area contributed by atoms with Gasteiger partial charge in [0, 0.05) is 37.6 Å². The van der Waals surface area contributed by atoms with Crippen molar-refractivity contribution in [1.29, 1.82) is 0 Å². The van der Waals surface area contributed by atoms with Gasteiger partial charge in [-0.25, -0.2) is 13.8 Å². The molecule has 0 spiro atoms. The summed E-state index contributed by atoms with van der Waals surface area (Å²) >= 11 is 0. The highest BCUT2D eigenvalue weighted by molar-refractivity contribution is 5.79. The molecule has 0 N–H and O–H groups in total. The van der Waals surface area contributed by atoms with Gasteiger partial charge in [0.2, 0.25) is 5.91 Å². The molecule has 2 aromatic heterocycles. The van der Waals surface area contributed by atoms with Crippen LogP contribution in [0.3, 0.4) is 0 Å². The average molecular weight is 321 g/mol. The van der Waals surface area contributed by atoms with E-state index in [1.165, 1.54) is 10.6 Å². The Kier molecular flexibility index (Phi) is 4.59. The summed E-state index contributed by atoms with van der Waals surface area (Å²) in [4.78, 5) is 18.4. The van der Waals surface area contributed by atoms with Gasteiger partial charge >= 0.3 is 0 Å². The highest BCUT2D eigenvalue weighted by Gasteiger charge is 2.22. The Labute approximate surface area is 134 Å². The number of amides is 1. The molecule has 1 aliphatic heterocycles. The molecule has 124 valence electrons. The van der Waals surface area contributed by atoms with E-state index in [9.17, 15) is 13.6 Å². The highest BCUT2D eigenvalue weighted by Crippen LogP contribution is 2.26. The summed E-state index contributed by atoms with van der Waals surface area (Å²) in [7, 11) is 0. The Bertz CT molecular complexity index is 698. The van der Waals surface area contributed by atoms with Crippen molar-refractivity contribution in [1.82, 2.24) is 14.5 Å². The second kappa shape index (κ2) is 6.64. The third-order valence-electron chi connectivity index (χ3n) is 4.47. The monoisotopic (exact) mass is 321 g/mol. The van der Waals surface area contributed by atoms with Crippen molar-refractivity contribution in [3.63, 3.8) is 0 Å². The summed E-state index contributed by atoms with van der Waals surface area (Å²) in [5.74, 6) is 0.549. The van der Waals surface area contributed by atoms with Crippen LogP contribution in [0.1, 0.15) is 38.3 Å². The highest BCUT2D eigenvalue weighted by atomic mass is 19.3. The van der Waals surface area contributed by atoms with Crippen LogP contribution in [0.15, 0.2) is 24.4 Å². The Morgan fingerprint density at radius 2 is 2.30 bits per heavy atom. The molecule has 1 aliphatic rings. The van der Waals surface area contributed by atoms with Gasteiger partial charge in [-0.2, -0.15) is 0 Å². The van der Waals surface area contributed by atoms with Gasteiger partial charge in [-0.1, -0.05) is 6.92 Å². The molecule has 0 aliphatic carbocycles. The zero-order valence-electron chi connectivity index (χ0n) is 13.2. The first kappa shape index (κ1) is 15.9. The predicted octanol–water partition coefficient (Wildman–Crippen LogP) is 3.62. The molecule has 3 heterocycles.